The Hall–Kier alpha value is -3.01. The maximum Gasteiger partial charge on any atom is 0.333 e. The maximum atomic E-state index is 12.8. The number of aromatic hydroxyl groups is 1. The smallest absolute Gasteiger partial charge is 0.333 e. The van der Waals surface area contributed by atoms with Gasteiger partial charge in [0.25, 0.3) is 5.56 Å². The Bertz CT molecular complexity index is 1360. The molecule has 0 atom stereocenters. The number of benzene rings is 2. The molecule has 0 fully saturated rings. The molecule has 1 amide bonds. The molecule has 3 rings (SSSR count). The molecule has 0 radical (unpaired) electrons. The topological polar surface area (TPSA) is 106 Å². The van der Waals surface area contributed by atoms with E-state index in [0.717, 1.165) is 26.5 Å². The zero-order valence-corrected chi connectivity index (χ0v) is 20.3. The first kappa shape index (κ1) is 24.6. The quantitative estimate of drug-likeness (QED) is 0.403. The molecule has 0 spiro atoms. The van der Waals surface area contributed by atoms with Crippen molar-refractivity contribution in [3.63, 3.8) is 0 Å². The SMILES string of the molecule is Cc1cccc(N=C(SCC(=O)Nc2cc(Cl)cc(Cl)c2)c2c(O)n(C)c(=O)n(C)c2=O)c1. The lowest BCUT2D eigenvalue weighted by molar-refractivity contribution is -0.113. The Morgan fingerprint density at radius 1 is 1.09 bits per heavy atom. The molecule has 33 heavy (non-hydrogen) atoms. The minimum Gasteiger partial charge on any atom is -0.494 e. The van der Waals surface area contributed by atoms with E-state index < -0.39 is 23.0 Å². The van der Waals surface area contributed by atoms with Gasteiger partial charge in [-0.1, -0.05) is 47.1 Å². The average molecular weight is 507 g/mol. The first-order chi connectivity index (χ1) is 15.6. The van der Waals surface area contributed by atoms with Gasteiger partial charge in [-0.2, -0.15) is 0 Å². The molecule has 0 aliphatic rings. The van der Waals surface area contributed by atoms with Crippen LogP contribution in [-0.2, 0) is 18.9 Å². The van der Waals surface area contributed by atoms with Crippen LogP contribution in [0.5, 0.6) is 5.88 Å². The van der Waals surface area contributed by atoms with Crippen molar-refractivity contribution in [1.82, 2.24) is 9.13 Å². The molecular weight excluding hydrogens is 487 g/mol. The summed E-state index contributed by atoms with van der Waals surface area (Å²) < 4.78 is 1.81. The predicted octanol–water partition coefficient (Wildman–Crippen LogP) is 3.86. The summed E-state index contributed by atoms with van der Waals surface area (Å²) in [4.78, 5) is 42.0. The van der Waals surface area contributed by atoms with Gasteiger partial charge in [-0.3, -0.25) is 18.7 Å². The van der Waals surface area contributed by atoms with Gasteiger partial charge >= 0.3 is 5.69 Å². The van der Waals surface area contributed by atoms with E-state index in [4.69, 9.17) is 23.2 Å². The van der Waals surface area contributed by atoms with Gasteiger partial charge in [0, 0.05) is 29.8 Å². The number of hydrogen-bond acceptors (Lipinski definition) is 6. The monoisotopic (exact) mass is 506 g/mol. The summed E-state index contributed by atoms with van der Waals surface area (Å²) in [7, 11) is 2.64. The number of rotatable bonds is 5. The highest BCUT2D eigenvalue weighted by Crippen LogP contribution is 2.25. The first-order valence-corrected chi connectivity index (χ1v) is 11.3. The number of aromatic nitrogens is 2. The first-order valence-electron chi connectivity index (χ1n) is 9.60. The third kappa shape index (κ3) is 5.87. The highest BCUT2D eigenvalue weighted by molar-refractivity contribution is 8.15. The van der Waals surface area contributed by atoms with Gasteiger partial charge in [0.05, 0.1) is 11.4 Å². The van der Waals surface area contributed by atoms with Gasteiger partial charge in [-0.25, -0.2) is 9.79 Å². The van der Waals surface area contributed by atoms with Crippen LogP contribution in [0.25, 0.3) is 0 Å². The van der Waals surface area contributed by atoms with Crippen LogP contribution in [0.1, 0.15) is 11.1 Å². The summed E-state index contributed by atoms with van der Waals surface area (Å²) in [6, 6.07) is 11.8. The fourth-order valence-corrected chi connectivity index (χ4v) is 4.31. The Kier molecular flexibility index (Phi) is 7.68. The molecule has 2 N–H and O–H groups in total. The van der Waals surface area contributed by atoms with Crippen molar-refractivity contribution < 1.29 is 9.90 Å². The molecule has 0 saturated heterocycles. The number of amides is 1. The third-order valence-electron chi connectivity index (χ3n) is 4.57. The molecule has 1 heterocycles. The van der Waals surface area contributed by atoms with Crippen molar-refractivity contribution in [3.8, 4) is 5.88 Å². The Morgan fingerprint density at radius 3 is 2.39 bits per heavy atom. The summed E-state index contributed by atoms with van der Waals surface area (Å²) >= 11 is 12.9. The van der Waals surface area contributed by atoms with Gasteiger partial charge in [-0.05, 0) is 42.8 Å². The molecule has 0 saturated carbocycles. The van der Waals surface area contributed by atoms with Crippen LogP contribution in [-0.4, -0.2) is 30.9 Å². The van der Waals surface area contributed by atoms with Crippen LogP contribution in [0.4, 0.5) is 11.4 Å². The van der Waals surface area contributed by atoms with Crippen LogP contribution in [0.2, 0.25) is 10.0 Å². The van der Waals surface area contributed by atoms with Crippen molar-refractivity contribution in [2.24, 2.45) is 19.1 Å². The zero-order valence-electron chi connectivity index (χ0n) is 17.9. The number of carbonyl (C=O) groups excluding carboxylic acids is 1. The molecule has 0 aliphatic heterocycles. The second kappa shape index (κ2) is 10.3. The van der Waals surface area contributed by atoms with Crippen LogP contribution in [0.3, 0.4) is 0 Å². The van der Waals surface area contributed by atoms with E-state index in [2.05, 4.69) is 10.3 Å². The highest BCUT2D eigenvalue weighted by Gasteiger charge is 2.22. The molecular formula is C22H20Cl2N4O4S. The van der Waals surface area contributed by atoms with E-state index in [0.29, 0.717) is 21.4 Å². The summed E-state index contributed by atoms with van der Waals surface area (Å²) in [5, 5.41) is 14.1. The van der Waals surface area contributed by atoms with E-state index in [-0.39, 0.29) is 16.4 Å². The number of carbonyl (C=O) groups is 1. The van der Waals surface area contributed by atoms with Crippen molar-refractivity contribution in [1.29, 1.82) is 0 Å². The largest absolute Gasteiger partial charge is 0.494 e. The number of nitrogens with one attached hydrogen (secondary N) is 1. The molecule has 8 nitrogen and oxygen atoms in total. The minimum atomic E-state index is -0.725. The fraction of sp³-hybridized carbons (Fsp3) is 0.182. The molecule has 3 aromatic rings. The number of nitrogens with zero attached hydrogens (tertiary/aromatic N) is 3. The Labute approximate surface area is 203 Å². The van der Waals surface area contributed by atoms with E-state index >= 15 is 0 Å². The molecule has 0 unspecified atom stereocenters. The maximum absolute atomic E-state index is 12.8. The van der Waals surface area contributed by atoms with Crippen LogP contribution in [0, 0.1) is 6.92 Å². The van der Waals surface area contributed by atoms with Crippen molar-refractivity contribution in [2.75, 3.05) is 11.1 Å². The fourth-order valence-electron chi connectivity index (χ4n) is 2.95. The van der Waals surface area contributed by atoms with Crippen molar-refractivity contribution >= 4 is 57.3 Å². The second-order valence-electron chi connectivity index (χ2n) is 7.16. The van der Waals surface area contributed by atoms with E-state index in [1.54, 1.807) is 36.4 Å². The number of halogens is 2. The number of hydrogen-bond donors (Lipinski definition) is 2. The molecule has 1 aromatic heterocycles. The van der Waals surface area contributed by atoms with Crippen molar-refractivity contribution in [2.45, 2.75) is 6.92 Å². The summed E-state index contributed by atoms with van der Waals surface area (Å²) in [6.07, 6.45) is 0. The van der Waals surface area contributed by atoms with Crippen LogP contribution in [0.15, 0.2) is 57.0 Å². The Morgan fingerprint density at radius 2 is 1.76 bits per heavy atom. The van der Waals surface area contributed by atoms with E-state index in [9.17, 15) is 19.5 Å². The molecule has 172 valence electrons. The summed E-state index contributed by atoms with van der Waals surface area (Å²) in [5.74, 6) is -1.08. The molecule has 0 bridgehead atoms. The number of aliphatic imine (C=N–C) groups is 1. The number of anilines is 1. The van der Waals surface area contributed by atoms with E-state index in [1.165, 1.54) is 14.1 Å². The minimum absolute atomic E-state index is 0.0913. The molecule has 11 heteroatoms. The Balaban J connectivity index is 1.98. The van der Waals surface area contributed by atoms with Crippen LogP contribution < -0.4 is 16.6 Å². The third-order valence-corrected chi connectivity index (χ3v) is 5.98. The van der Waals surface area contributed by atoms with Gasteiger partial charge in [0.15, 0.2) is 0 Å². The van der Waals surface area contributed by atoms with Crippen LogP contribution >= 0.6 is 35.0 Å². The summed E-state index contributed by atoms with van der Waals surface area (Å²) in [6.45, 7) is 1.89. The lowest BCUT2D eigenvalue weighted by Gasteiger charge is -2.13. The number of aryl methyl sites for hydroxylation is 1. The highest BCUT2D eigenvalue weighted by atomic mass is 35.5. The summed E-state index contributed by atoms with van der Waals surface area (Å²) in [5.41, 5.74) is 0.290. The lowest BCUT2D eigenvalue weighted by Crippen LogP contribution is -2.39. The number of thioether (sulfide) groups is 1. The lowest BCUT2D eigenvalue weighted by atomic mass is 10.2. The van der Waals surface area contributed by atoms with Gasteiger partial charge in [0.2, 0.25) is 11.8 Å². The van der Waals surface area contributed by atoms with Gasteiger partial charge < -0.3 is 10.4 Å². The normalized spacial score (nSPS) is 11.5. The predicted molar refractivity (Wildman–Crippen MR) is 134 cm³/mol. The zero-order chi connectivity index (χ0) is 24.3. The van der Waals surface area contributed by atoms with Crippen molar-refractivity contribution in [3.05, 3.63) is 84.5 Å². The van der Waals surface area contributed by atoms with Gasteiger partial charge in [-0.15, -0.1) is 0 Å². The van der Waals surface area contributed by atoms with E-state index in [1.807, 2.05) is 13.0 Å². The standard InChI is InChI=1S/C22H20Cl2N4O4S/c1-12-5-4-6-15(7-12)26-19(18-20(30)27(2)22(32)28(3)21(18)31)33-11-17(29)25-16-9-13(23)8-14(24)10-16/h4-10,30H,11H2,1-3H3,(H,25,29). The molecule has 2 aromatic carbocycles. The second-order valence-corrected chi connectivity index (χ2v) is 8.99. The molecule has 0 aliphatic carbocycles. The average Bonchev–Trinajstić information content (AvgIpc) is 2.74. The van der Waals surface area contributed by atoms with Gasteiger partial charge in [0.1, 0.15) is 10.6 Å².